The van der Waals surface area contributed by atoms with Crippen LogP contribution in [0.2, 0.25) is 0 Å². The molecule has 0 fully saturated rings. The average molecular weight is 258 g/mol. The minimum absolute atomic E-state index is 0.0969. The molecule has 0 saturated carbocycles. The molecule has 0 amide bonds. The highest BCUT2D eigenvalue weighted by Crippen LogP contribution is 2.08. The summed E-state index contributed by atoms with van der Waals surface area (Å²) in [5.41, 5.74) is 1.11. The van der Waals surface area contributed by atoms with Crippen LogP contribution in [0.1, 0.15) is 20.3 Å². The van der Waals surface area contributed by atoms with Gasteiger partial charge < -0.3 is 9.88 Å². The maximum Gasteiger partial charge on any atom is 0.189 e. The monoisotopic (exact) mass is 258 g/mol. The molecule has 0 aliphatic carbocycles. The van der Waals surface area contributed by atoms with Crippen LogP contribution in [-0.4, -0.2) is 17.7 Å². The number of benzene rings is 1. The van der Waals surface area contributed by atoms with E-state index in [2.05, 4.69) is 23.7 Å². The van der Waals surface area contributed by atoms with Crippen molar-refractivity contribution in [2.45, 2.75) is 26.8 Å². The second-order valence-corrected chi connectivity index (χ2v) is 5.32. The first-order valence-electron chi connectivity index (χ1n) is 6.97. The quantitative estimate of drug-likeness (QED) is 0.808. The van der Waals surface area contributed by atoms with Gasteiger partial charge in [-0.2, -0.15) is 0 Å². The van der Waals surface area contributed by atoms with Crippen molar-refractivity contribution >= 4 is 10.9 Å². The van der Waals surface area contributed by atoms with Crippen LogP contribution in [0.3, 0.4) is 0 Å². The van der Waals surface area contributed by atoms with Gasteiger partial charge in [-0.25, -0.2) is 0 Å². The van der Waals surface area contributed by atoms with Gasteiger partial charge in [-0.15, -0.1) is 0 Å². The summed E-state index contributed by atoms with van der Waals surface area (Å²) < 4.78 is 2.14. The minimum atomic E-state index is 0.0969. The molecule has 0 atom stereocenters. The van der Waals surface area contributed by atoms with Crippen molar-refractivity contribution in [3.63, 3.8) is 0 Å². The van der Waals surface area contributed by atoms with E-state index in [0.717, 1.165) is 36.5 Å². The van der Waals surface area contributed by atoms with E-state index in [-0.39, 0.29) is 5.43 Å². The molecule has 2 aromatic rings. The van der Waals surface area contributed by atoms with Gasteiger partial charge in [0.15, 0.2) is 5.43 Å². The van der Waals surface area contributed by atoms with Gasteiger partial charge in [0, 0.05) is 30.7 Å². The Bertz CT molecular complexity index is 587. The molecule has 102 valence electrons. The van der Waals surface area contributed by atoms with Crippen molar-refractivity contribution in [1.82, 2.24) is 9.88 Å². The highest BCUT2D eigenvalue weighted by atomic mass is 16.1. The lowest BCUT2D eigenvalue weighted by atomic mass is 10.1. The predicted octanol–water partition coefficient (Wildman–Crippen LogP) is 2.64. The Hall–Kier alpha value is -1.61. The van der Waals surface area contributed by atoms with Gasteiger partial charge >= 0.3 is 0 Å². The molecule has 0 bridgehead atoms. The van der Waals surface area contributed by atoms with Crippen LogP contribution >= 0.6 is 0 Å². The molecule has 1 aromatic heterocycles. The van der Waals surface area contributed by atoms with E-state index in [9.17, 15) is 4.79 Å². The number of hydrogen-bond donors (Lipinski definition) is 1. The maximum atomic E-state index is 11.8. The summed E-state index contributed by atoms with van der Waals surface area (Å²) >= 11 is 0. The van der Waals surface area contributed by atoms with Gasteiger partial charge in [-0.1, -0.05) is 26.0 Å². The summed E-state index contributed by atoms with van der Waals surface area (Å²) in [6.45, 7) is 7.34. The van der Waals surface area contributed by atoms with Crippen LogP contribution in [0.4, 0.5) is 0 Å². The summed E-state index contributed by atoms with van der Waals surface area (Å²) in [6.07, 6.45) is 3.08. The van der Waals surface area contributed by atoms with E-state index in [0.29, 0.717) is 0 Å². The summed E-state index contributed by atoms with van der Waals surface area (Å²) in [7, 11) is 0. The lowest BCUT2D eigenvalue weighted by molar-refractivity contribution is 0.522. The largest absolute Gasteiger partial charge is 0.346 e. The van der Waals surface area contributed by atoms with E-state index in [1.54, 1.807) is 6.07 Å². The van der Waals surface area contributed by atoms with Crippen molar-refractivity contribution < 1.29 is 0 Å². The minimum Gasteiger partial charge on any atom is -0.346 e. The molecule has 1 aromatic carbocycles. The lowest BCUT2D eigenvalue weighted by Gasteiger charge is -2.12. The van der Waals surface area contributed by atoms with Crippen LogP contribution in [0, 0.1) is 5.92 Å². The van der Waals surface area contributed by atoms with Crippen LogP contribution in [0.5, 0.6) is 0 Å². The predicted molar refractivity (Wildman–Crippen MR) is 80.5 cm³/mol. The van der Waals surface area contributed by atoms with Crippen molar-refractivity contribution in [3.05, 3.63) is 46.8 Å². The number of nitrogens with one attached hydrogen (secondary N) is 1. The third-order valence-corrected chi connectivity index (χ3v) is 3.31. The molecule has 1 N–H and O–H groups in total. The summed E-state index contributed by atoms with van der Waals surface area (Å²) in [5, 5.41) is 4.24. The summed E-state index contributed by atoms with van der Waals surface area (Å²) in [6, 6.07) is 9.43. The molecule has 0 aliphatic heterocycles. The van der Waals surface area contributed by atoms with Gasteiger partial charge in [-0.3, -0.25) is 4.79 Å². The summed E-state index contributed by atoms with van der Waals surface area (Å²) in [5.74, 6) is 0.737. The Labute approximate surface area is 114 Å². The Morgan fingerprint density at radius 1 is 1.16 bits per heavy atom. The first-order valence-corrected chi connectivity index (χ1v) is 6.97. The average Bonchev–Trinajstić information content (AvgIpc) is 2.41. The summed E-state index contributed by atoms with van der Waals surface area (Å²) in [4.78, 5) is 11.8. The van der Waals surface area contributed by atoms with Crippen molar-refractivity contribution in [2.75, 3.05) is 13.1 Å². The van der Waals surface area contributed by atoms with E-state index in [1.807, 2.05) is 30.5 Å². The highest BCUT2D eigenvalue weighted by molar-refractivity contribution is 5.78. The Kier molecular flexibility index (Phi) is 4.74. The zero-order valence-electron chi connectivity index (χ0n) is 11.7. The number of pyridine rings is 1. The van der Waals surface area contributed by atoms with Crippen molar-refractivity contribution in [1.29, 1.82) is 0 Å². The van der Waals surface area contributed by atoms with Gasteiger partial charge in [0.2, 0.25) is 0 Å². The molecule has 1 heterocycles. The number of hydrogen-bond acceptors (Lipinski definition) is 2. The second kappa shape index (κ2) is 6.53. The smallest absolute Gasteiger partial charge is 0.189 e. The molecule has 0 spiro atoms. The zero-order chi connectivity index (χ0) is 13.7. The number of nitrogens with zero attached hydrogens (tertiary/aromatic N) is 1. The first kappa shape index (κ1) is 13.8. The van der Waals surface area contributed by atoms with Crippen LogP contribution in [-0.2, 0) is 6.54 Å². The number of aromatic nitrogens is 1. The third kappa shape index (κ3) is 3.67. The van der Waals surface area contributed by atoms with Gasteiger partial charge in [-0.05, 0) is 31.0 Å². The SMILES string of the molecule is CC(C)CCNCCn1ccc(=O)c2ccccc21. The number of para-hydroxylation sites is 1. The van der Waals surface area contributed by atoms with E-state index in [4.69, 9.17) is 0 Å². The standard InChI is InChI=1S/C16H22N2O/c1-13(2)7-9-17-10-12-18-11-8-16(19)14-5-3-4-6-15(14)18/h3-6,8,11,13,17H,7,9-10,12H2,1-2H3. The highest BCUT2D eigenvalue weighted by Gasteiger charge is 2.01. The van der Waals surface area contributed by atoms with Crippen LogP contribution in [0.25, 0.3) is 10.9 Å². The van der Waals surface area contributed by atoms with Gasteiger partial charge in [0.05, 0.1) is 5.52 Å². The molecule has 0 unspecified atom stereocenters. The maximum absolute atomic E-state index is 11.8. The van der Waals surface area contributed by atoms with E-state index < -0.39 is 0 Å². The van der Waals surface area contributed by atoms with Gasteiger partial charge in [0.1, 0.15) is 0 Å². The van der Waals surface area contributed by atoms with E-state index in [1.165, 1.54) is 6.42 Å². The zero-order valence-corrected chi connectivity index (χ0v) is 11.7. The number of rotatable bonds is 6. The molecule has 0 radical (unpaired) electrons. The first-order chi connectivity index (χ1) is 9.18. The van der Waals surface area contributed by atoms with Crippen molar-refractivity contribution in [2.24, 2.45) is 5.92 Å². The van der Waals surface area contributed by atoms with Gasteiger partial charge in [0.25, 0.3) is 0 Å². The van der Waals surface area contributed by atoms with Crippen LogP contribution in [0.15, 0.2) is 41.3 Å². The Balaban J connectivity index is 2.01. The molecule has 19 heavy (non-hydrogen) atoms. The van der Waals surface area contributed by atoms with E-state index >= 15 is 0 Å². The fraction of sp³-hybridized carbons (Fsp3) is 0.438. The normalized spacial score (nSPS) is 11.3. The van der Waals surface area contributed by atoms with Crippen molar-refractivity contribution in [3.8, 4) is 0 Å². The fourth-order valence-corrected chi connectivity index (χ4v) is 2.17. The van der Waals surface area contributed by atoms with Crippen LogP contribution < -0.4 is 10.7 Å². The molecular formula is C16H22N2O. The molecule has 3 nitrogen and oxygen atoms in total. The Morgan fingerprint density at radius 3 is 2.74 bits per heavy atom. The molecule has 2 rings (SSSR count). The number of fused-ring (bicyclic) bond motifs is 1. The molecular weight excluding hydrogens is 236 g/mol. The second-order valence-electron chi connectivity index (χ2n) is 5.32. The fourth-order valence-electron chi connectivity index (χ4n) is 2.17. The molecule has 0 aliphatic rings. The lowest BCUT2D eigenvalue weighted by Crippen LogP contribution is -2.22. The Morgan fingerprint density at radius 2 is 1.95 bits per heavy atom. The molecule has 0 saturated heterocycles. The topological polar surface area (TPSA) is 34.0 Å². The third-order valence-electron chi connectivity index (χ3n) is 3.31. The molecule has 3 heteroatoms.